The third-order valence-electron chi connectivity index (χ3n) is 5.25. The van der Waals surface area contributed by atoms with Crippen LogP contribution in [-0.2, 0) is 0 Å². The maximum Gasteiger partial charge on any atom is 0.0822 e. The maximum atomic E-state index is 9.41. The zero-order chi connectivity index (χ0) is 21.4. The van der Waals surface area contributed by atoms with Crippen LogP contribution in [0.15, 0.2) is 0 Å². The van der Waals surface area contributed by atoms with Gasteiger partial charge < -0.3 is 15.3 Å². The van der Waals surface area contributed by atoms with Gasteiger partial charge in [0.25, 0.3) is 0 Å². The molecule has 0 heterocycles. The van der Waals surface area contributed by atoms with Gasteiger partial charge in [0.15, 0.2) is 0 Å². The fourth-order valence-corrected chi connectivity index (χ4v) is 3.35. The summed E-state index contributed by atoms with van der Waals surface area (Å²) in [6.45, 7) is 23.2. The third-order valence-corrected chi connectivity index (χ3v) is 5.25. The van der Waals surface area contributed by atoms with E-state index in [1.807, 2.05) is 55.4 Å². The van der Waals surface area contributed by atoms with Crippen LogP contribution >= 0.6 is 0 Å². The van der Waals surface area contributed by atoms with Gasteiger partial charge >= 0.3 is 0 Å². The standard InChI is InChI=1S/C10H20O.C9H20O2.2C2H6/c1-7-4-10(6-11)5-8(2)9(7)3;1-6(2)5-8(10)9(11)7(3)4;2*1-2/h7-11H,4-6H2,1-3H3;6-11H,5H2,1-4H3;2*1-2H3. The Labute approximate surface area is 165 Å². The Morgan fingerprint density at radius 3 is 1.46 bits per heavy atom. The molecular weight excluding hydrogens is 324 g/mol. The van der Waals surface area contributed by atoms with Crippen molar-refractivity contribution in [3.8, 4) is 0 Å². The van der Waals surface area contributed by atoms with E-state index >= 15 is 0 Å². The SMILES string of the molecule is CC.CC.CC(C)CC(O)C(O)C(C)C.CC1CC(CO)CC(C)C1C. The first kappa shape index (κ1) is 30.6. The highest BCUT2D eigenvalue weighted by Crippen LogP contribution is 2.37. The molecule has 3 heteroatoms. The van der Waals surface area contributed by atoms with Crippen molar-refractivity contribution in [2.45, 2.75) is 108 Å². The smallest absolute Gasteiger partial charge is 0.0822 e. The third kappa shape index (κ3) is 14.0. The average molecular weight is 377 g/mol. The van der Waals surface area contributed by atoms with E-state index in [0.717, 1.165) is 17.8 Å². The van der Waals surface area contributed by atoms with Gasteiger partial charge in [0, 0.05) is 6.61 Å². The van der Waals surface area contributed by atoms with Gasteiger partial charge in [-0.2, -0.15) is 0 Å². The first-order chi connectivity index (χ1) is 12.1. The Bertz CT molecular complexity index is 267. The van der Waals surface area contributed by atoms with E-state index in [4.69, 9.17) is 5.11 Å². The van der Waals surface area contributed by atoms with Crippen LogP contribution < -0.4 is 0 Å². The van der Waals surface area contributed by atoms with Gasteiger partial charge in [-0.15, -0.1) is 0 Å². The lowest BCUT2D eigenvalue weighted by atomic mass is 9.70. The first-order valence-electron chi connectivity index (χ1n) is 11.1. The van der Waals surface area contributed by atoms with Gasteiger partial charge in [-0.05, 0) is 54.8 Å². The molecule has 0 saturated heterocycles. The zero-order valence-electron chi connectivity index (χ0n) is 19.8. The molecular formula is C23H52O3. The molecule has 0 aliphatic heterocycles. The molecule has 0 aromatic rings. The van der Waals surface area contributed by atoms with Gasteiger partial charge in [-0.3, -0.25) is 0 Å². The van der Waals surface area contributed by atoms with Gasteiger partial charge in [0.2, 0.25) is 0 Å². The molecule has 1 saturated carbocycles. The second kappa shape index (κ2) is 18.3. The highest BCUT2D eigenvalue weighted by Gasteiger charge is 2.29. The van der Waals surface area contributed by atoms with Crippen molar-refractivity contribution in [1.82, 2.24) is 0 Å². The van der Waals surface area contributed by atoms with Crippen LogP contribution in [0.1, 0.15) is 95.4 Å². The quantitative estimate of drug-likeness (QED) is 0.571. The topological polar surface area (TPSA) is 60.7 Å². The van der Waals surface area contributed by atoms with Crippen molar-refractivity contribution < 1.29 is 15.3 Å². The monoisotopic (exact) mass is 376 g/mol. The van der Waals surface area contributed by atoms with Crippen LogP contribution in [0.25, 0.3) is 0 Å². The summed E-state index contributed by atoms with van der Waals surface area (Å²) in [5, 5.41) is 27.8. The molecule has 4 atom stereocenters. The summed E-state index contributed by atoms with van der Waals surface area (Å²) in [6, 6.07) is 0. The number of hydrogen-bond donors (Lipinski definition) is 3. The Kier molecular flexibility index (Phi) is 21.5. The van der Waals surface area contributed by atoms with Crippen LogP contribution in [0.3, 0.4) is 0 Å². The van der Waals surface area contributed by atoms with Gasteiger partial charge in [0.05, 0.1) is 12.2 Å². The highest BCUT2D eigenvalue weighted by molar-refractivity contribution is 4.79. The molecule has 1 fully saturated rings. The van der Waals surface area contributed by atoms with Gasteiger partial charge in [-0.1, -0.05) is 76.2 Å². The molecule has 1 rings (SSSR count). The Hall–Kier alpha value is -0.120. The first-order valence-corrected chi connectivity index (χ1v) is 11.1. The van der Waals surface area contributed by atoms with E-state index in [9.17, 15) is 10.2 Å². The molecule has 0 amide bonds. The van der Waals surface area contributed by atoms with Crippen molar-refractivity contribution in [3.05, 3.63) is 0 Å². The highest BCUT2D eigenvalue weighted by atomic mass is 16.3. The van der Waals surface area contributed by atoms with E-state index in [1.54, 1.807) is 0 Å². The van der Waals surface area contributed by atoms with Crippen LogP contribution in [0.5, 0.6) is 0 Å². The Morgan fingerprint density at radius 1 is 0.808 bits per heavy atom. The molecule has 1 aliphatic rings. The van der Waals surface area contributed by atoms with Crippen LogP contribution in [0.2, 0.25) is 0 Å². The fourth-order valence-electron chi connectivity index (χ4n) is 3.35. The van der Waals surface area contributed by atoms with E-state index in [1.165, 1.54) is 12.8 Å². The maximum absolute atomic E-state index is 9.41. The second-order valence-corrected chi connectivity index (χ2v) is 8.27. The van der Waals surface area contributed by atoms with Crippen molar-refractivity contribution in [2.75, 3.05) is 6.61 Å². The Morgan fingerprint density at radius 2 is 1.19 bits per heavy atom. The minimum Gasteiger partial charge on any atom is -0.396 e. The summed E-state index contributed by atoms with van der Waals surface area (Å²) < 4.78 is 0. The Balaban J connectivity index is -0.000000341. The van der Waals surface area contributed by atoms with Crippen LogP contribution in [0.4, 0.5) is 0 Å². The van der Waals surface area contributed by atoms with E-state index in [-0.39, 0.29) is 5.92 Å². The van der Waals surface area contributed by atoms with Gasteiger partial charge in [0.1, 0.15) is 0 Å². The molecule has 0 bridgehead atoms. The van der Waals surface area contributed by atoms with Gasteiger partial charge in [-0.25, -0.2) is 0 Å². The van der Waals surface area contributed by atoms with E-state index in [2.05, 4.69) is 20.8 Å². The minimum absolute atomic E-state index is 0.142. The summed E-state index contributed by atoms with van der Waals surface area (Å²) >= 11 is 0. The molecule has 162 valence electrons. The fraction of sp³-hybridized carbons (Fsp3) is 1.00. The number of hydrogen-bond acceptors (Lipinski definition) is 3. The molecule has 1 aliphatic carbocycles. The van der Waals surface area contributed by atoms with Crippen molar-refractivity contribution in [1.29, 1.82) is 0 Å². The average Bonchev–Trinajstić information content (AvgIpc) is 2.61. The molecule has 0 aromatic heterocycles. The molecule has 4 unspecified atom stereocenters. The van der Waals surface area contributed by atoms with E-state index in [0.29, 0.717) is 24.9 Å². The molecule has 0 aromatic carbocycles. The normalized spacial score (nSPS) is 27.2. The number of rotatable bonds is 5. The summed E-state index contributed by atoms with van der Waals surface area (Å²) in [5.74, 6) is 3.61. The van der Waals surface area contributed by atoms with Crippen molar-refractivity contribution in [2.24, 2.45) is 35.5 Å². The molecule has 3 N–H and O–H groups in total. The lowest BCUT2D eigenvalue weighted by Crippen LogP contribution is -2.31. The van der Waals surface area contributed by atoms with Crippen molar-refractivity contribution in [3.63, 3.8) is 0 Å². The minimum atomic E-state index is -0.572. The van der Waals surface area contributed by atoms with E-state index < -0.39 is 12.2 Å². The summed E-state index contributed by atoms with van der Waals surface area (Å²) in [7, 11) is 0. The zero-order valence-corrected chi connectivity index (χ0v) is 19.8. The molecule has 26 heavy (non-hydrogen) atoms. The predicted molar refractivity (Wildman–Crippen MR) is 116 cm³/mol. The number of aliphatic hydroxyl groups excluding tert-OH is 3. The van der Waals surface area contributed by atoms with Crippen LogP contribution in [0, 0.1) is 35.5 Å². The summed E-state index contributed by atoms with van der Waals surface area (Å²) in [5.41, 5.74) is 0. The van der Waals surface area contributed by atoms with Crippen LogP contribution in [-0.4, -0.2) is 34.1 Å². The predicted octanol–water partition coefficient (Wildman–Crippen LogP) is 5.76. The second-order valence-electron chi connectivity index (χ2n) is 8.27. The molecule has 3 nitrogen and oxygen atoms in total. The molecule has 0 spiro atoms. The van der Waals surface area contributed by atoms with Crippen molar-refractivity contribution >= 4 is 0 Å². The summed E-state index contributed by atoms with van der Waals surface area (Å²) in [6.07, 6.45) is 2.00. The lowest BCUT2D eigenvalue weighted by molar-refractivity contribution is -0.0180. The summed E-state index contributed by atoms with van der Waals surface area (Å²) in [4.78, 5) is 0. The number of aliphatic hydroxyl groups is 3. The largest absolute Gasteiger partial charge is 0.396 e. The lowest BCUT2D eigenvalue weighted by Gasteiger charge is -2.36. The molecule has 0 radical (unpaired) electrons.